The molecule has 0 aromatic heterocycles. The number of carbonyl (C=O) groups is 2. The molecule has 1 fully saturated rings. The van der Waals surface area contributed by atoms with Crippen LogP contribution < -0.4 is 4.74 Å². The van der Waals surface area contributed by atoms with Crippen molar-refractivity contribution in [3.63, 3.8) is 0 Å². The van der Waals surface area contributed by atoms with Gasteiger partial charge in [0.2, 0.25) is 0 Å². The van der Waals surface area contributed by atoms with Crippen LogP contribution >= 0.6 is 0 Å². The van der Waals surface area contributed by atoms with Crippen molar-refractivity contribution in [1.29, 1.82) is 0 Å². The van der Waals surface area contributed by atoms with Gasteiger partial charge in [-0.25, -0.2) is 4.39 Å². The van der Waals surface area contributed by atoms with Gasteiger partial charge in [0.25, 0.3) is 5.91 Å². The highest BCUT2D eigenvalue weighted by atomic mass is 19.1. The predicted molar refractivity (Wildman–Crippen MR) is 67.3 cm³/mol. The minimum atomic E-state index is -0.759. The Balaban J connectivity index is 1.96. The Kier molecular flexibility index (Phi) is 4.14. The Morgan fingerprint density at radius 3 is 2.58 bits per heavy atom. The van der Waals surface area contributed by atoms with E-state index in [4.69, 9.17) is 4.74 Å². The van der Waals surface area contributed by atoms with Crippen LogP contribution in [0.15, 0.2) is 24.3 Å². The number of hydrogen-bond donors (Lipinski definition) is 0. The maximum atomic E-state index is 13.4. The zero-order valence-corrected chi connectivity index (χ0v) is 10.8. The standard InChI is InChI=1S/C14H16FNO3/c1-10(19-13-5-3-2-4-12(13)15)14(18)16-8-6-11(17)7-9-16/h2-5,10H,6-9H2,1H3. The van der Waals surface area contributed by atoms with E-state index in [-0.39, 0.29) is 17.4 Å². The summed E-state index contributed by atoms with van der Waals surface area (Å²) < 4.78 is 18.7. The SMILES string of the molecule is CC(Oc1ccccc1F)C(=O)N1CCC(=O)CC1. The number of likely N-dealkylation sites (tertiary alicyclic amines) is 1. The summed E-state index contributed by atoms with van der Waals surface area (Å²) >= 11 is 0. The summed E-state index contributed by atoms with van der Waals surface area (Å²) in [6.07, 6.45) is 0.0150. The monoisotopic (exact) mass is 265 g/mol. The number of ether oxygens (including phenoxy) is 1. The zero-order valence-electron chi connectivity index (χ0n) is 10.8. The topological polar surface area (TPSA) is 46.6 Å². The lowest BCUT2D eigenvalue weighted by Crippen LogP contribution is -2.44. The highest BCUT2D eigenvalue weighted by Crippen LogP contribution is 2.18. The van der Waals surface area contributed by atoms with E-state index in [0.717, 1.165) is 0 Å². The van der Waals surface area contributed by atoms with Crippen LogP contribution in [0.2, 0.25) is 0 Å². The van der Waals surface area contributed by atoms with Crippen LogP contribution in [-0.4, -0.2) is 35.8 Å². The van der Waals surface area contributed by atoms with E-state index in [1.54, 1.807) is 24.0 Å². The first-order chi connectivity index (χ1) is 9.08. The molecule has 1 aliphatic rings. The van der Waals surface area contributed by atoms with E-state index in [1.165, 1.54) is 12.1 Å². The maximum absolute atomic E-state index is 13.4. The molecule has 0 aliphatic carbocycles. The lowest BCUT2D eigenvalue weighted by Gasteiger charge is -2.28. The number of benzene rings is 1. The molecule has 4 nitrogen and oxygen atoms in total. The number of Topliss-reactive ketones (excluding diaryl/α,β-unsaturated/α-hetero) is 1. The minimum absolute atomic E-state index is 0.0661. The average molecular weight is 265 g/mol. The number of ketones is 1. The molecule has 1 aromatic rings. The van der Waals surface area contributed by atoms with Crippen molar-refractivity contribution in [2.75, 3.05) is 13.1 Å². The normalized spacial score (nSPS) is 17.2. The van der Waals surface area contributed by atoms with Crippen molar-refractivity contribution < 1.29 is 18.7 Å². The van der Waals surface area contributed by atoms with Gasteiger partial charge in [0.05, 0.1) is 0 Å². The molecule has 1 saturated heterocycles. The Labute approximate surface area is 111 Å². The molecule has 1 unspecified atom stereocenters. The Morgan fingerprint density at radius 1 is 1.32 bits per heavy atom. The van der Waals surface area contributed by atoms with E-state index < -0.39 is 11.9 Å². The summed E-state index contributed by atoms with van der Waals surface area (Å²) in [6, 6.07) is 5.98. The van der Waals surface area contributed by atoms with Crippen molar-refractivity contribution in [3.8, 4) is 5.75 Å². The van der Waals surface area contributed by atoms with Crippen molar-refractivity contribution in [3.05, 3.63) is 30.1 Å². The number of para-hydroxylation sites is 1. The average Bonchev–Trinajstić information content (AvgIpc) is 2.41. The van der Waals surface area contributed by atoms with Gasteiger partial charge < -0.3 is 9.64 Å². The molecule has 0 radical (unpaired) electrons. The number of amides is 1. The van der Waals surface area contributed by atoms with Crippen molar-refractivity contribution in [2.24, 2.45) is 0 Å². The first kappa shape index (κ1) is 13.5. The molecule has 1 aliphatic heterocycles. The van der Waals surface area contributed by atoms with Crippen LogP contribution in [0.5, 0.6) is 5.75 Å². The van der Waals surface area contributed by atoms with Crippen molar-refractivity contribution in [1.82, 2.24) is 4.90 Å². The summed E-state index contributed by atoms with van der Waals surface area (Å²) in [6.45, 7) is 2.43. The number of hydrogen-bond acceptors (Lipinski definition) is 3. The fourth-order valence-corrected chi connectivity index (χ4v) is 2.01. The van der Waals surface area contributed by atoms with Gasteiger partial charge in [0.1, 0.15) is 5.78 Å². The van der Waals surface area contributed by atoms with Crippen LogP contribution in [0, 0.1) is 5.82 Å². The molecule has 1 heterocycles. The molecule has 0 N–H and O–H groups in total. The Hall–Kier alpha value is -1.91. The third kappa shape index (κ3) is 3.30. The summed E-state index contributed by atoms with van der Waals surface area (Å²) in [7, 11) is 0. The first-order valence-electron chi connectivity index (χ1n) is 6.29. The fourth-order valence-electron chi connectivity index (χ4n) is 2.01. The quantitative estimate of drug-likeness (QED) is 0.837. The molecule has 0 saturated carbocycles. The molecule has 2 rings (SSSR count). The third-order valence-corrected chi connectivity index (χ3v) is 3.12. The van der Waals surface area contributed by atoms with Crippen LogP contribution in [0.25, 0.3) is 0 Å². The second kappa shape index (κ2) is 5.82. The molecule has 102 valence electrons. The predicted octanol–water partition coefficient (Wildman–Crippen LogP) is 1.78. The van der Waals surface area contributed by atoms with Gasteiger partial charge in [0.15, 0.2) is 17.7 Å². The van der Waals surface area contributed by atoms with Crippen molar-refractivity contribution in [2.45, 2.75) is 25.9 Å². The molecule has 0 bridgehead atoms. The Morgan fingerprint density at radius 2 is 1.95 bits per heavy atom. The summed E-state index contributed by atoms with van der Waals surface area (Å²) in [5.41, 5.74) is 0. The van der Waals surface area contributed by atoms with Gasteiger partial charge >= 0.3 is 0 Å². The lowest BCUT2D eigenvalue weighted by molar-refractivity contribution is -0.140. The van der Waals surface area contributed by atoms with Crippen LogP contribution in [-0.2, 0) is 9.59 Å². The van der Waals surface area contributed by atoms with Gasteiger partial charge in [-0.05, 0) is 19.1 Å². The molecule has 19 heavy (non-hydrogen) atoms. The maximum Gasteiger partial charge on any atom is 0.263 e. The van der Waals surface area contributed by atoms with E-state index in [2.05, 4.69) is 0 Å². The van der Waals surface area contributed by atoms with E-state index >= 15 is 0 Å². The minimum Gasteiger partial charge on any atom is -0.478 e. The van der Waals surface area contributed by atoms with Gasteiger partial charge in [0, 0.05) is 25.9 Å². The number of nitrogens with zero attached hydrogens (tertiary/aromatic N) is 1. The number of piperidine rings is 1. The van der Waals surface area contributed by atoms with E-state index in [9.17, 15) is 14.0 Å². The summed E-state index contributed by atoms with van der Waals surface area (Å²) in [4.78, 5) is 24.8. The molecular weight excluding hydrogens is 249 g/mol. The number of carbonyl (C=O) groups excluding carboxylic acids is 2. The molecular formula is C14H16FNO3. The van der Waals surface area contributed by atoms with Gasteiger partial charge in [-0.3, -0.25) is 9.59 Å². The van der Waals surface area contributed by atoms with Gasteiger partial charge in [-0.15, -0.1) is 0 Å². The van der Waals surface area contributed by atoms with Gasteiger partial charge in [-0.1, -0.05) is 12.1 Å². The van der Waals surface area contributed by atoms with E-state index in [1.807, 2.05) is 0 Å². The fraction of sp³-hybridized carbons (Fsp3) is 0.429. The Bertz CT molecular complexity index is 479. The lowest BCUT2D eigenvalue weighted by atomic mass is 10.1. The smallest absolute Gasteiger partial charge is 0.263 e. The van der Waals surface area contributed by atoms with Crippen LogP contribution in [0.4, 0.5) is 4.39 Å². The number of halogens is 1. The highest BCUT2D eigenvalue weighted by molar-refractivity contribution is 5.85. The zero-order chi connectivity index (χ0) is 13.8. The second-order valence-electron chi connectivity index (χ2n) is 4.55. The van der Waals surface area contributed by atoms with Crippen LogP contribution in [0.3, 0.4) is 0 Å². The molecule has 1 amide bonds. The van der Waals surface area contributed by atoms with Crippen molar-refractivity contribution >= 4 is 11.7 Å². The first-order valence-corrected chi connectivity index (χ1v) is 6.29. The molecule has 1 aromatic carbocycles. The highest BCUT2D eigenvalue weighted by Gasteiger charge is 2.26. The third-order valence-electron chi connectivity index (χ3n) is 3.12. The summed E-state index contributed by atoms with van der Waals surface area (Å²) in [5, 5.41) is 0. The largest absolute Gasteiger partial charge is 0.478 e. The second-order valence-corrected chi connectivity index (χ2v) is 4.55. The van der Waals surface area contributed by atoms with Crippen LogP contribution in [0.1, 0.15) is 19.8 Å². The van der Waals surface area contributed by atoms with E-state index in [0.29, 0.717) is 25.9 Å². The molecule has 1 atom stereocenters. The summed E-state index contributed by atoms with van der Waals surface area (Å²) in [5.74, 6) is -0.463. The van der Waals surface area contributed by atoms with Gasteiger partial charge in [-0.2, -0.15) is 0 Å². The molecule has 5 heteroatoms. The molecule has 0 spiro atoms. The number of rotatable bonds is 3.